The van der Waals surface area contributed by atoms with Gasteiger partial charge in [0.1, 0.15) is 0 Å². The third-order valence-electron chi connectivity index (χ3n) is 5.13. The molecule has 3 amide bonds. The van der Waals surface area contributed by atoms with Crippen LogP contribution in [0, 0.1) is 0 Å². The molecule has 2 aliphatic rings. The van der Waals surface area contributed by atoms with Gasteiger partial charge in [-0.3, -0.25) is 14.7 Å². The minimum absolute atomic E-state index is 0. The van der Waals surface area contributed by atoms with Gasteiger partial charge in [0.2, 0.25) is 5.91 Å². The molecule has 2 fully saturated rings. The van der Waals surface area contributed by atoms with E-state index in [1.54, 1.807) is 7.05 Å². The van der Waals surface area contributed by atoms with Crippen LogP contribution in [0.5, 0.6) is 0 Å². The molecule has 3 N–H and O–H groups in total. The first kappa shape index (κ1) is 21.5. The number of hydrogen-bond donors (Lipinski definition) is 3. The molecule has 8 heteroatoms. The van der Waals surface area contributed by atoms with Crippen molar-refractivity contribution in [2.45, 2.75) is 37.6 Å². The predicted molar refractivity (Wildman–Crippen MR) is 116 cm³/mol. The van der Waals surface area contributed by atoms with Crippen LogP contribution in [-0.2, 0) is 4.79 Å². The van der Waals surface area contributed by atoms with Crippen LogP contribution in [0.2, 0.25) is 0 Å². The molecule has 1 saturated carbocycles. The molecule has 7 nitrogen and oxygen atoms in total. The lowest BCUT2D eigenvalue weighted by atomic mass is 9.82. The largest absolute Gasteiger partial charge is 0.355 e. The zero-order chi connectivity index (χ0) is 18.4. The van der Waals surface area contributed by atoms with Crippen molar-refractivity contribution in [1.82, 2.24) is 20.9 Å². The summed E-state index contributed by atoms with van der Waals surface area (Å²) in [4.78, 5) is 28.6. The molecule has 3 rings (SSSR count). The van der Waals surface area contributed by atoms with E-state index in [0.717, 1.165) is 18.8 Å². The Morgan fingerprint density at radius 1 is 1.19 bits per heavy atom. The second-order valence-corrected chi connectivity index (χ2v) is 6.81. The number of guanidine groups is 1. The van der Waals surface area contributed by atoms with Crippen LogP contribution in [0.4, 0.5) is 4.79 Å². The molecule has 0 aromatic heterocycles. The van der Waals surface area contributed by atoms with E-state index in [1.807, 2.05) is 0 Å². The lowest BCUT2D eigenvalue weighted by Gasteiger charge is -2.30. The summed E-state index contributed by atoms with van der Waals surface area (Å²) in [7, 11) is 1.73. The number of imide groups is 1. The van der Waals surface area contributed by atoms with Gasteiger partial charge in [0, 0.05) is 26.2 Å². The Bertz CT molecular complexity index is 643. The Kier molecular flexibility index (Phi) is 8.33. The maximum atomic E-state index is 11.6. The summed E-state index contributed by atoms with van der Waals surface area (Å²) in [5, 5.41) is 9.17. The summed E-state index contributed by atoms with van der Waals surface area (Å²) >= 11 is 0. The number of urea groups is 1. The Morgan fingerprint density at radius 3 is 2.48 bits per heavy atom. The van der Waals surface area contributed by atoms with Gasteiger partial charge >= 0.3 is 6.03 Å². The number of nitrogens with one attached hydrogen (secondary N) is 3. The number of carbonyl (C=O) groups excluding carboxylic acids is 2. The topological polar surface area (TPSA) is 85.8 Å². The molecule has 1 aromatic carbocycles. The standard InChI is InChI=1S/C19H27N5O2.HI/c1-20-18(21-11-12-24-17(25)13-22-19(24)26)23-16-9-7-15(8-10-16)14-5-3-2-4-6-14;/h2-6,15-16H,7-13H2,1H3,(H,22,26)(H2,20,21,23);1H. The lowest BCUT2D eigenvalue weighted by Crippen LogP contribution is -2.47. The Labute approximate surface area is 177 Å². The van der Waals surface area contributed by atoms with Crippen LogP contribution in [0.1, 0.15) is 37.2 Å². The van der Waals surface area contributed by atoms with Gasteiger partial charge in [-0.2, -0.15) is 0 Å². The van der Waals surface area contributed by atoms with E-state index in [1.165, 1.54) is 23.3 Å². The molecule has 148 valence electrons. The third kappa shape index (κ3) is 5.82. The highest BCUT2D eigenvalue weighted by Crippen LogP contribution is 2.32. The van der Waals surface area contributed by atoms with Gasteiger partial charge in [0.15, 0.2) is 5.96 Å². The summed E-state index contributed by atoms with van der Waals surface area (Å²) in [6.45, 7) is 0.917. The molecule has 1 saturated heterocycles. The average Bonchev–Trinajstić information content (AvgIpc) is 3.00. The van der Waals surface area contributed by atoms with Crippen LogP contribution in [-0.4, -0.2) is 55.5 Å². The zero-order valence-electron chi connectivity index (χ0n) is 15.6. The van der Waals surface area contributed by atoms with Gasteiger partial charge in [-0.05, 0) is 37.2 Å². The smallest absolute Gasteiger partial charge is 0.324 e. The van der Waals surface area contributed by atoms with Gasteiger partial charge in [0.25, 0.3) is 0 Å². The molecule has 1 aromatic rings. The summed E-state index contributed by atoms with van der Waals surface area (Å²) in [5.74, 6) is 1.18. The number of nitrogens with zero attached hydrogens (tertiary/aromatic N) is 2. The van der Waals surface area contributed by atoms with Gasteiger partial charge in [0.05, 0.1) is 6.54 Å². The fourth-order valence-electron chi connectivity index (χ4n) is 3.65. The normalized spacial score (nSPS) is 22.9. The minimum atomic E-state index is -0.320. The van der Waals surface area contributed by atoms with Crippen molar-refractivity contribution in [2.75, 3.05) is 26.7 Å². The van der Waals surface area contributed by atoms with Crippen LogP contribution in [0.3, 0.4) is 0 Å². The van der Waals surface area contributed by atoms with Crippen LogP contribution < -0.4 is 16.0 Å². The molecular weight excluding hydrogens is 457 g/mol. The number of carbonyl (C=O) groups is 2. The lowest BCUT2D eigenvalue weighted by molar-refractivity contribution is -0.124. The number of halogens is 1. The first-order valence-corrected chi connectivity index (χ1v) is 9.27. The van der Waals surface area contributed by atoms with E-state index in [-0.39, 0.29) is 42.5 Å². The monoisotopic (exact) mass is 485 g/mol. The third-order valence-corrected chi connectivity index (χ3v) is 5.13. The van der Waals surface area contributed by atoms with Crippen LogP contribution in [0.15, 0.2) is 35.3 Å². The number of aliphatic imine (C=N–C) groups is 1. The van der Waals surface area contributed by atoms with Crippen molar-refractivity contribution in [2.24, 2.45) is 4.99 Å². The molecule has 0 radical (unpaired) electrons. The SMILES string of the molecule is CN=C(NCCN1C(=O)CNC1=O)NC1CCC(c2ccccc2)CC1.I. The Hall–Kier alpha value is -1.84. The first-order chi connectivity index (χ1) is 12.7. The predicted octanol–water partition coefficient (Wildman–Crippen LogP) is 2.05. The first-order valence-electron chi connectivity index (χ1n) is 9.27. The van der Waals surface area contributed by atoms with Crippen LogP contribution in [0.25, 0.3) is 0 Å². The molecule has 0 spiro atoms. The summed E-state index contributed by atoms with van der Waals surface area (Å²) in [6, 6.07) is 10.8. The highest BCUT2D eigenvalue weighted by Gasteiger charge is 2.28. The maximum absolute atomic E-state index is 11.6. The highest BCUT2D eigenvalue weighted by atomic mass is 127. The molecule has 1 heterocycles. The van der Waals surface area contributed by atoms with Crippen molar-refractivity contribution in [3.8, 4) is 0 Å². The van der Waals surface area contributed by atoms with E-state index in [2.05, 4.69) is 51.3 Å². The molecule has 0 bridgehead atoms. The zero-order valence-corrected chi connectivity index (χ0v) is 17.9. The summed E-state index contributed by atoms with van der Waals surface area (Å²) < 4.78 is 0. The number of hydrogen-bond acceptors (Lipinski definition) is 3. The maximum Gasteiger partial charge on any atom is 0.324 e. The quantitative estimate of drug-likeness (QED) is 0.258. The number of rotatable bonds is 5. The molecule has 27 heavy (non-hydrogen) atoms. The molecule has 1 aliphatic carbocycles. The van der Waals surface area contributed by atoms with Gasteiger partial charge < -0.3 is 16.0 Å². The average molecular weight is 485 g/mol. The highest BCUT2D eigenvalue weighted by molar-refractivity contribution is 14.0. The van der Waals surface area contributed by atoms with Crippen molar-refractivity contribution < 1.29 is 9.59 Å². The van der Waals surface area contributed by atoms with Gasteiger partial charge in [-0.15, -0.1) is 24.0 Å². The molecule has 0 unspecified atom stereocenters. The van der Waals surface area contributed by atoms with E-state index in [0.29, 0.717) is 25.0 Å². The second kappa shape index (κ2) is 10.5. The van der Waals surface area contributed by atoms with E-state index in [9.17, 15) is 9.59 Å². The van der Waals surface area contributed by atoms with Crippen molar-refractivity contribution in [1.29, 1.82) is 0 Å². The Balaban J connectivity index is 0.00000261. The van der Waals surface area contributed by atoms with Crippen molar-refractivity contribution >= 4 is 41.9 Å². The number of benzene rings is 1. The van der Waals surface area contributed by atoms with Gasteiger partial charge in [-0.1, -0.05) is 30.3 Å². The molecule has 0 atom stereocenters. The second-order valence-electron chi connectivity index (χ2n) is 6.81. The fourth-order valence-corrected chi connectivity index (χ4v) is 3.65. The van der Waals surface area contributed by atoms with E-state index >= 15 is 0 Å². The fraction of sp³-hybridized carbons (Fsp3) is 0.526. The van der Waals surface area contributed by atoms with Crippen LogP contribution >= 0.6 is 24.0 Å². The summed E-state index contributed by atoms with van der Waals surface area (Å²) in [5.41, 5.74) is 1.43. The Morgan fingerprint density at radius 2 is 1.89 bits per heavy atom. The van der Waals surface area contributed by atoms with Crippen molar-refractivity contribution in [3.63, 3.8) is 0 Å². The molecular formula is C19H28IN5O2. The summed E-state index contributed by atoms with van der Waals surface area (Å²) in [6.07, 6.45) is 4.54. The minimum Gasteiger partial charge on any atom is -0.355 e. The van der Waals surface area contributed by atoms with E-state index < -0.39 is 0 Å². The van der Waals surface area contributed by atoms with Crippen molar-refractivity contribution in [3.05, 3.63) is 35.9 Å². The molecule has 1 aliphatic heterocycles. The van der Waals surface area contributed by atoms with E-state index in [4.69, 9.17) is 0 Å². The van der Waals surface area contributed by atoms with Gasteiger partial charge in [-0.25, -0.2) is 4.79 Å². The number of amides is 3.